The number of guanidine groups is 1. The Morgan fingerprint density at radius 1 is 1.12 bits per heavy atom. The molecule has 0 bridgehead atoms. The summed E-state index contributed by atoms with van der Waals surface area (Å²) in [5.74, 6) is 2.15. The molecule has 0 unspecified atom stereocenters. The molecule has 0 aromatic heterocycles. The van der Waals surface area contributed by atoms with Gasteiger partial charge in [-0.3, -0.25) is 4.99 Å². The summed E-state index contributed by atoms with van der Waals surface area (Å²) < 4.78 is 29.1. The van der Waals surface area contributed by atoms with E-state index in [1.165, 1.54) is 6.07 Å². The quantitative estimate of drug-likeness (QED) is 0.173. The van der Waals surface area contributed by atoms with Crippen molar-refractivity contribution in [1.82, 2.24) is 10.6 Å². The van der Waals surface area contributed by atoms with Crippen LogP contribution < -0.4 is 20.5 Å². The molecule has 0 aliphatic heterocycles. The van der Waals surface area contributed by atoms with Crippen molar-refractivity contribution < 1.29 is 13.2 Å². The molecule has 32 heavy (non-hydrogen) atoms. The number of halogens is 1. The predicted octanol–water partition coefficient (Wildman–Crippen LogP) is 3.94. The minimum atomic E-state index is -3.73. The third-order valence-electron chi connectivity index (χ3n) is 4.76. The van der Waals surface area contributed by atoms with E-state index in [1.54, 1.807) is 19.2 Å². The number of aryl methyl sites for hydroxylation is 1. The van der Waals surface area contributed by atoms with Crippen molar-refractivity contribution in [2.45, 2.75) is 51.6 Å². The minimum Gasteiger partial charge on any atom is -0.493 e. The van der Waals surface area contributed by atoms with E-state index in [9.17, 15) is 8.42 Å². The molecule has 0 amide bonds. The molecule has 0 radical (unpaired) electrons. The van der Waals surface area contributed by atoms with Gasteiger partial charge in [0.2, 0.25) is 10.0 Å². The van der Waals surface area contributed by atoms with Gasteiger partial charge in [0.15, 0.2) is 5.96 Å². The molecule has 178 valence electrons. The molecule has 7 nitrogen and oxygen atoms in total. The first kappa shape index (κ1) is 28.2. The maximum absolute atomic E-state index is 11.5. The molecule has 2 aromatic carbocycles. The minimum absolute atomic E-state index is 0. The topological polar surface area (TPSA) is 106 Å². The summed E-state index contributed by atoms with van der Waals surface area (Å²) in [6.45, 7) is 8.14. The Kier molecular flexibility index (Phi) is 12.0. The average molecular weight is 575 g/mol. The second kappa shape index (κ2) is 13.6. The van der Waals surface area contributed by atoms with Gasteiger partial charge in [-0.2, -0.15) is 0 Å². The van der Waals surface area contributed by atoms with Crippen LogP contribution in [-0.2, 0) is 23.1 Å². The lowest BCUT2D eigenvalue weighted by atomic mass is 10.1. The van der Waals surface area contributed by atoms with E-state index < -0.39 is 10.0 Å². The van der Waals surface area contributed by atoms with Gasteiger partial charge >= 0.3 is 0 Å². The number of sulfonamides is 1. The molecule has 4 N–H and O–H groups in total. The van der Waals surface area contributed by atoms with Crippen LogP contribution in [-0.4, -0.2) is 28.0 Å². The van der Waals surface area contributed by atoms with E-state index in [4.69, 9.17) is 9.88 Å². The summed E-state index contributed by atoms with van der Waals surface area (Å²) in [6, 6.07) is 12.7. The second-order valence-electron chi connectivity index (χ2n) is 7.97. The first-order valence-electron chi connectivity index (χ1n) is 10.5. The third-order valence-corrected chi connectivity index (χ3v) is 5.67. The van der Waals surface area contributed by atoms with Gasteiger partial charge < -0.3 is 15.4 Å². The van der Waals surface area contributed by atoms with Crippen LogP contribution in [0.2, 0.25) is 0 Å². The molecule has 0 spiro atoms. The van der Waals surface area contributed by atoms with E-state index >= 15 is 0 Å². The van der Waals surface area contributed by atoms with Crippen molar-refractivity contribution in [2.24, 2.45) is 16.0 Å². The molecular weight excluding hydrogens is 539 g/mol. The van der Waals surface area contributed by atoms with Crippen LogP contribution in [0.5, 0.6) is 5.75 Å². The van der Waals surface area contributed by atoms with Gasteiger partial charge in [0.25, 0.3) is 0 Å². The smallest absolute Gasteiger partial charge is 0.238 e. The van der Waals surface area contributed by atoms with E-state index in [0.29, 0.717) is 31.6 Å². The molecule has 0 aliphatic carbocycles. The normalized spacial score (nSPS) is 11.8. The highest BCUT2D eigenvalue weighted by Crippen LogP contribution is 2.21. The van der Waals surface area contributed by atoms with Gasteiger partial charge in [-0.25, -0.2) is 13.6 Å². The summed E-state index contributed by atoms with van der Waals surface area (Å²) in [5, 5.41) is 11.7. The van der Waals surface area contributed by atoms with Crippen LogP contribution in [0.1, 0.15) is 43.4 Å². The highest BCUT2D eigenvalue weighted by Gasteiger charge is 2.09. The standard InChI is InChI=1S/C23H34N4O3S.HI/c1-17(2)7-6-12-30-22-13-18(3)10-11-20(22)16-27-23(25-4)26-15-19-8-5-9-21(14-19)31(24,28)29;/h5,8-11,13-14,17H,6-7,12,15-16H2,1-4H3,(H2,24,28,29)(H2,25,26,27);1H. The van der Waals surface area contributed by atoms with Crippen molar-refractivity contribution in [3.63, 3.8) is 0 Å². The van der Waals surface area contributed by atoms with Crippen LogP contribution in [0.25, 0.3) is 0 Å². The Labute approximate surface area is 209 Å². The number of hydrogen-bond donors (Lipinski definition) is 3. The number of rotatable bonds is 10. The first-order valence-corrected chi connectivity index (χ1v) is 12.0. The van der Waals surface area contributed by atoms with Gasteiger partial charge in [-0.05, 0) is 55.0 Å². The third kappa shape index (κ3) is 9.74. The van der Waals surface area contributed by atoms with Crippen LogP contribution >= 0.6 is 24.0 Å². The van der Waals surface area contributed by atoms with Gasteiger partial charge in [-0.15, -0.1) is 24.0 Å². The molecule has 0 saturated carbocycles. The fourth-order valence-corrected chi connectivity index (χ4v) is 3.62. The van der Waals surface area contributed by atoms with E-state index in [2.05, 4.69) is 47.7 Å². The van der Waals surface area contributed by atoms with Crippen LogP contribution in [0, 0.1) is 12.8 Å². The molecular formula is C23H35IN4O3S. The summed E-state index contributed by atoms with van der Waals surface area (Å²) in [4.78, 5) is 4.33. The summed E-state index contributed by atoms with van der Waals surface area (Å²) in [7, 11) is -2.04. The monoisotopic (exact) mass is 574 g/mol. The molecule has 9 heteroatoms. The second-order valence-corrected chi connectivity index (χ2v) is 9.53. The Balaban J connectivity index is 0.00000512. The van der Waals surface area contributed by atoms with Gasteiger partial charge in [0.1, 0.15) is 5.75 Å². The SMILES string of the molecule is CN=C(NCc1cccc(S(N)(=O)=O)c1)NCc1ccc(C)cc1OCCCC(C)C.I. The number of aliphatic imine (C=N–C) groups is 1. The Bertz CT molecular complexity index is 994. The van der Waals surface area contributed by atoms with Crippen LogP contribution in [0.4, 0.5) is 0 Å². The number of nitrogens with zero attached hydrogens (tertiary/aromatic N) is 1. The Morgan fingerprint density at radius 3 is 2.50 bits per heavy atom. The average Bonchev–Trinajstić information content (AvgIpc) is 2.72. The van der Waals surface area contributed by atoms with Gasteiger partial charge in [0.05, 0.1) is 11.5 Å². The maximum atomic E-state index is 11.5. The number of primary sulfonamides is 1. The van der Waals surface area contributed by atoms with Crippen molar-refractivity contribution in [3.05, 3.63) is 59.2 Å². The van der Waals surface area contributed by atoms with Gasteiger partial charge in [-0.1, -0.05) is 38.1 Å². The highest BCUT2D eigenvalue weighted by molar-refractivity contribution is 14.0. The molecule has 0 saturated heterocycles. The largest absolute Gasteiger partial charge is 0.493 e. The van der Waals surface area contributed by atoms with Crippen molar-refractivity contribution in [2.75, 3.05) is 13.7 Å². The van der Waals surface area contributed by atoms with Crippen molar-refractivity contribution in [1.29, 1.82) is 0 Å². The fourth-order valence-electron chi connectivity index (χ4n) is 3.03. The zero-order valence-corrected chi connectivity index (χ0v) is 22.4. The zero-order chi connectivity index (χ0) is 22.9. The molecule has 0 heterocycles. The Morgan fingerprint density at radius 2 is 1.84 bits per heavy atom. The number of ether oxygens (including phenoxy) is 1. The van der Waals surface area contributed by atoms with Crippen molar-refractivity contribution >= 4 is 40.0 Å². The molecule has 0 atom stereocenters. The molecule has 0 aliphatic rings. The van der Waals surface area contributed by atoms with E-state index in [1.807, 2.05) is 13.0 Å². The lowest BCUT2D eigenvalue weighted by Crippen LogP contribution is -2.36. The number of nitrogens with one attached hydrogen (secondary N) is 2. The van der Waals surface area contributed by atoms with E-state index in [-0.39, 0.29) is 28.9 Å². The first-order chi connectivity index (χ1) is 14.7. The van der Waals surface area contributed by atoms with Crippen LogP contribution in [0.15, 0.2) is 52.4 Å². The van der Waals surface area contributed by atoms with Crippen molar-refractivity contribution in [3.8, 4) is 5.75 Å². The summed E-state index contributed by atoms with van der Waals surface area (Å²) >= 11 is 0. The zero-order valence-electron chi connectivity index (χ0n) is 19.2. The summed E-state index contributed by atoms with van der Waals surface area (Å²) in [6.07, 6.45) is 2.17. The molecule has 0 fully saturated rings. The van der Waals surface area contributed by atoms with Crippen LogP contribution in [0.3, 0.4) is 0 Å². The lowest BCUT2D eigenvalue weighted by Gasteiger charge is -2.16. The Hall–Kier alpha value is -1.85. The lowest BCUT2D eigenvalue weighted by molar-refractivity contribution is 0.294. The molecule has 2 aromatic rings. The highest BCUT2D eigenvalue weighted by atomic mass is 127. The fraction of sp³-hybridized carbons (Fsp3) is 0.435. The summed E-state index contributed by atoms with van der Waals surface area (Å²) in [5.41, 5.74) is 2.99. The maximum Gasteiger partial charge on any atom is 0.238 e. The number of hydrogen-bond acceptors (Lipinski definition) is 4. The number of benzene rings is 2. The molecule has 2 rings (SSSR count). The van der Waals surface area contributed by atoms with Gasteiger partial charge in [0, 0.05) is 25.7 Å². The predicted molar refractivity (Wildman–Crippen MR) is 141 cm³/mol. The number of nitrogens with two attached hydrogens (primary N) is 1. The van der Waals surface area contributed by atoms with E-state index in [0.717, 1.165) is 35.3 Å².